The Bertz CT molecular complexity index is 1260. The van der Waals surface area contributed by atoms with Crippen molar-refractivity contribution < 1.29 is 18.0 Å². The second-order valence-corrected chi connectivity index (χ2v) is 10.5. The van der Waals surface area contributed by atoms with E-state index in [9.17, 15) is 18.0 Å². The van der Waals surface area contributed by atoms with Gasteiger partial charge >= 0.3 is 0 Å². The number of rotatable bonds is 6. The number of likely N-dealkylation sites (tertiary alicyclic amines) is 1. The van der Waals surface area contributed by atoms with Crippen LogP contribution in [0.2, 0.25) is 5.02 Å². The van der Waals surface area contributed by atoms with Gasteiger partial charge in [-0.1, -0.05) is 41.9 Å². The molecule has 0 saturated carbocycles. The van der Waals surface area contributed by atoms with E-state index in [-0.39, 0.29) is 34.9 Å². The largest absolute Gasteiger partial charge is 0.369 e. The normalized spacial score (nSPS) is 15.2. The second kappa shape index (κ2) is 8.96. The maximum Gasteiger partial charge on any atom is 0.242 e. The number of aromatic nitrogens is 1. The lowest BCUT2D eigenvalue weighted by Gasteiger charge is -2.30. The average Bonchev–Trinajstić information content (AvgIpc) is 3.15. The molecule has 1 aromatic heterocycles. The van der Waals surface area contributed by atoms with Gasteiger partial charge in [0.2, 0.25) is 11.8 Å². The van der Waals surface area contributed by atoms with E-state index < -0.39 is 9.84 Å². The summed E-state index contributed by atoms with van der Waals surface area (Å²) in [5, 5.41) is 1.13. The number of benzene rings is 2. The molecule has 1 saturated heterocycles. The minimum atomic E-state index is -3.65. The molecule has 0 bridgehead atoms. The standard InChI is InChI=1S/C23H24ClN3O4S/c24-18-7-5-16(6-8-18)15-32(30,31)21-13-27(20-4-2-1-3-19(20)21)14-22(28)26-11-9-17(10-12-26)23(25)29/h1-8,13,17H,9-12,14-15H2,(H2,25,29). The zero-order valence-corrected chi connectivity index (χ0v) is 19.0. The highest BCUT2D eigenvalue weighted by molar-refractivity contribution is 7.90. The van der Waals surface area contributed by atoms with Crippen LogP contribution in [0.15, 0.2) is 59.6 Å². The van der Waals surface area contributed by atoms with Crippen LogP contribution in [-0.4, -0.2) is 42.8 Å². The van der Waals surface area contributed by atoms with Gasteiger partial charge in [-0.2, -0.15) is 0 Å². The Labute approximate surface area is 191 Å². The Kier molecular flexibility index (Phi) is 6.26. The number of hydrogen-bond donors (Lipinski definition) is 1. The predicted octanol–water partition coefficient (Wildman–Crippen LogP) is 2.99. The average molecular weight is 474 g/mol. The van der Waals surface area contributed by atoms with Gasteiger partial charge in [0.15, 0.2) is 9.84 Å². The van der Waals surface area contributed by atoms with Gasteiger partial charge in [0.05, 0.1) is 10.6 Å². The number of fused-ring (bicyclic) bond motifs is 1. The number of carbonyl (C=O) groups is 2. The first-order valence-corrected chi connectivity index (χ1v) is 12.4. The molecule has 0 aliphatic carbocycles. The highest BCUT2D eigenvalue weighted by Crippen LogP contribution is 2.29. The van der Waals surface area contributed by atoms with E-state index in [4.69, 9.17) is 17.3 Å². The molecular weight excluding hydrogens is 450 g/mol. The molecule has 0 unspecified atom stereocenters. The van der Waals surface area contributed by atoms with Crippen molar-refractivity contribution in [1.29, 1.82) is 0 Å². The van der Waals surface area contributed by atoms with Crippen molar-refractivity contribution in [3.63, 3.8) is 0 Å². The number of nitrogens with two attached hydrogens (primary N) is 1. The zero-order valence-electron chi connectivity index (χ0n) is 17.4. The van der Waals surface area contributed by atoms with Crippen molar-refractivity contribution >= 4 is 44.2 Å². The summed E-state index contributed by atoms with van der Waals surface area (Å²) in [5.41, 5.74) is 6.69. The van der Waals surface area contributed by atoms with Crippen LogP contribution in [0.25, 0.3) is 10.9 Å². The molecule has 7 nitrogen and oxygen atoms in total. The number of piperidine rings is 1. The van der Waals surface area contributed by atoms with Gasteiger partial charge in [0.1, 0.15) is 6.54 Å². The maximum absolute atomic E-state index is 13.2. The number of carbonyl (C=O) groups excluding carboxylic acids is 2. The first-order valence-electron chi connectivity index (χ1n) is 10.4. The van der Waals surface area contributed by atoms with E-state index in [2.05, 4.69) is 0 Å². The molecule has 1 aliphatic rings. The molecule has 0 spiro atoms. The number of hydrogen-bond acceptors (Lipinski definition) is 4. The quantitative estimate of drug-likeness (QED) is 0.594. The van der Waals surface area contributed by atoms with Crippen molar-refractivity contribution in [2.24, 2.45) is 11.7 Å². The number of nitrogens with zero attached hydrogens (tertiary/aromatic N) is 2. The Morgan fingerprint density at radius 1 is 1.03 bits per heavy atom. The lowest BCUT2D eigenvalue weighted by atomic mass is 9.96. The number of halogens is 1. The number of sulfone groups is 1. The van der Waals surface area contributed by atoms with E-state index in [1.165, 1.54) is 0 Å². The van der Waals surface area contributed by atoms with Crippen LogP contribution >= 0.6 is 11.6 Å². The fraction of sp³-hybridized carbons (Fsp3) is 0.304. The molecular formula is C23H24ClN3O4S. The smallest absolute Gasteiger partial charge is 0.242 e. The minimum absolute atomic E-state index is 0.0260. The van der Waals surface area contributed by atoms with Crippen molar-refractivity contribution in [2.75, 3.05) is 13.1 Å². The molecule has 0 atom stereocenters. The van der Waals surface area contributed by atoms with Gasteiger partial charge in [0.25, 0.3) is 0 Å². The van der Waals surface area contributed by atoms with Crippen molar-refractivity contribution in [3.8, 4) is 0 Å². The molecule has 2 amide bonds. The molecule has 32 heavy (non-hydrogen) atoms. The van der Waals surface area contributed by atoms with Gasteiger partial charge < -0.3 is 15.2 Å². The van der Waals surface area contributed by atoms with Crippen LogP contribution in [0.1, 0.15) is 18.4 Å². The predicted molar refractivity (Wildman–Crippen MR) is 123 cm³/mol. The molecule has 2 N–H and O–H groups in total. The summed E-state index contributed by atoms with van der Waals surface area (Å²) < 4.78 is 28.1. The molecule has 2 aromatic carbocycles. The van der Waals surface area contributed by atoms with Crippen LogP contribution in [0.4, 0.5) is 0 Å². The Morgan fingerprint density at radius 3 is 2.34 bits per heavy atom. The first kappa shape index (κ1) is 22.4. The topological polar surface area (TPSA) is 102 Å². The molecule has 2 heterocycles. The zero-order chi connectivity index (χ0) is 22.9. The third kappa shape index (κ3) is 4.66. The number of primary amides is 1. The Hall–Kier alpha value is -2.84. The van der Waals surface area contributed by atoms with E-state index in [1.54, 1.807) is 52.1 Å². The van der Waals surface area contributed by atoms with Crippen LogP contribution in [-0.2, 0) is 31.7 Å². The van der Waals surface area contributed by atoms with E-state index in [0.29, 0.717) is 47.4 Å². The van der Waals surface area contributed by atoms with Crippen LogP contribution in [0, 0.1) is 5.92 Å². The van der Waals surface area contributed by atoms with E-state index in [0.717, 1.165) is 0 Å². The van der Waals surface area contributed by atoms with Crippen molar-refractivity contribution in [2.45, 2.75) is 30.0 Å². The van der Waals surface area contributed by atoms with Gasteiger partial charge in [-0.05, 0) is 36.6 Å². The number of para-hydroxylation sites is 1. The highest BCUT2D eigenvalue weighted by Gasteiger charge is 2.27. The molecule has 1 fully saturated rings. The summed E-state index contributed by atoms with van der Waals surface area (Å²) >= 11 is 5.91. The third-order valence-corrected chi connectivity index (χ3v) is 7.87. The Balaban J connectivity index is 1.58. The summed E-state index contributed by atoms with van der Waals surface area (Å²) in [6.45, 7) is 0.957. The van der Waals surface area contributed by atoms with Crippen LogP contribution < -0.4 is 5.73 Å². The lowest BCUT2D eigenvalue weighted by Crippen LogP contribution is -2.42. The van der Waals surface area contributed by atoms with E-state index >= 15 is 0 Å². The summed E-state index contributed by atoms with van der Waals surface area (Å²) in [6.07, 6.45) is 2.65. The van der Waals surface area contributed by atoms with Crippen molar-refractivity contribution in [1.82, 2.24) is 9.47 Å². The van der Waals surface area contributed by atoms with E-state index in [1.807, 2.05) is 12.1 Å². The monoisotopic (exact) mass is 473 g/mol. The molecule has 4 rings (SSSR count). The van der Waals surface area contributed by atoms with Gasteiger partial charge in [-0.3, -0.25) is 9.59 Å². The second-order valence-electron chi connectivity index (χ2n) is 8.08. The minimum Gasteiger partial charge on any atom is -0.369 e. The SMILES string of the molecule is NC(=O)C1CCN(C(=O)Cn2cc(S(=O)(=O)Cc3ccc(Cl)cc3)c3ccccc32)CC1. The van der Waals surface area contributed by atoms with Crippen LogP contribution in [0.3, 0.4) is 0 Å². The third-order valence-electron chi connectivity index (χ3n) is 5.91. The summed E-state index contributed by atoms with van der Waals surface area (Å²) in [7, 11) is -3.65. The summed E-state index contributed by atoms with van der Waals surface area (Å²) in [5.74, 6) is -0.803. The molecule has 3 aromatic rings. The number of amides is 2. The highest BCUT2D eigenvalue weighted by atomic mass is 35.5. The van der Waals surface area contributed by atoms with Gasteiger partial charge in [-0.25, -0.2) is 8.42 Å². The summed E-state index contributed by atoms with van der Waals surface area (Å²) in [4.78, 5) is 26.2. The fourth-order valence-corrected chi connectivity index (χ4v) is 5.84. The molecule has 9 heteroatoms. The maximum atomic E-state index is 13.2. The molecule has 168 valence electrons. The molecule has 0 radical (unpaired) electrons. The lowest BCUT2D eigenvalue weighted by molar-refractivity contribution is -0.135. The first-order chi connectivity index (χ1) is 15.2. The van der Waals surface area contributed by atoms with Crippen LogP contribution in [0.5, 0.6) is 0 Å². The Morgan fingerprint density at radius 2 is 1.69 bits per heavy atom. The fourth-order valence-electron chi connectivity index (χ4n) is 4.13. The van der Waals surface area contributed by atoms with Gasteiger partial charge in [0, 0.05) is 41.1 Å². The molecule has 1 aliphatic heterocycles. The van der Waals surface area contributed by atoms with Crippen molar-refractivity contribution in [3.05, 3.63) is 65.3 Å². The van der Waals surface area contributed by atoms with Gasteiger partial charge in [-0.15, -0.1) is 0 Å². The summed E-state index contributed by atoms with van der Waals surface area (Å²) in [6, 6.07) is 13.9.